The normalized spacial score (nSPS) is 15.8. The van der Waals surface area contributed by atoms with Crippen molar-refractivity contribution >= 4 is 5.91 Å². The molecule has 0 saturated carbocycles. The first kappa shape index (κ1) is 19.2. The lowest BCUT2D eigenvalue weighted by molar-refractivity contribution is 0.0682. The maximum Gasteiger partial charge on any atom is 0.267 e. The van der Waals surface area contributed by atoms with Crippen molar-refractivity contribution < 1.29 is 13.6 Å². The number of carbonyl (C=O) groups excluding carboxylic acids is 1. The molecule has 0 spiro atoms. The van der Waals surface area contributed by atoms with E-state index in [1.807, 2.05) is 20.8 Å². The quantitative estimate of drug-likeness (QED) is 0.809. The summed E-state index contributed by atoms with van der Waals surface area (Å²) < 4.78 is 28.4. The molecule has 5 nitrogen and oxygen atoms in total. The third-order valence-electron chi connectivity index (χ3n) is 4.85. The van der Waals surface area contributed by atoms with E-state index in [4.69, 9.17) is 0 Å². The molecule has 7 heteroatoms. The number of nitrogens with zero attached hydrogens (tertiary/aromatic N) is 3. The van der Waals surface area contributed by atoms with Crippen LogP contribution in [0.3, 0.4) is 0 Å². The molecule has 1 aliphatic heterocycles. The Morgan fingerprint density at radius 3 is 2.37 bits per heavy atom. The topological polar surface area (TPSA) is 55.2 Å². The Morgan fingerprint density at radius 2 is 1.78 bits per heavy atom. The number of halogens is 2. The molecule has 27 heavy (non-hydrogen) atoms. The van der Waals surface area contributed by atoms with E-state index in [0.717, 1.165) is 17.8 Å². The second kappa shape index (κ2) is 7.21. The van der Waals surface area contributed by atoms with Gasteiger partial charge >= 0.3 is 0 Å². The van der Waals surface area contributed by atoms with Crippen molar-refractivity contribution in [2.45, 2.75) is 45.1 Å². The molecule has 1 amide bonds. The highest BCUT2D eigenvalue weighted by atomic mass is 19.1. The van der Waals surface area contributed by atoms with Gasteiger partial charge in [0.15, 0.2) is 0 Å². The van der Waals surface area contributed by atoms with E-state index in [1.54, 1.807) is 6.07 Å². The molecule has 144 valence electrons. The third-order valence-corrected chi connectivity index (χ3v) is 4.85. The fourth-order valence-electron chi connectivity index (χ4n) is 3.23. The minimum absolute atomic E-state index is 0.109. The zero-order valence-electron chi connectivity index (χ0n) is 15.7. The third kappa shape index (κ3) is 4.07. The van der Waals surface area contributed by atoms with Gasteiger partial charge in [0.25, 0.3) is 11.5 Å². The van der Waals surface area contributed by atoms with E-state index in [2.05, 4.69) is 5.10 Å². The number of carbonyl (C=O) groups is 1. The minimum Gasteiger partial charge on any atom is -0.338 e. The van der Waals surface area contributed by atoms with Crippen LogP contribution in [-0.4, -0.2) is 33.7 Å². The highest BCUT2D eigenvalue weighted by Crippen LogP contribution is 2.24. The van der Waals surface area contributed by atoms with E-state index in [0.29, 0.717) is 32.0 Å². The molecule has 1 fully saturated rings. The fourth-order valence-corrected chi connectivity index (χ4v) is 3.23. The maximum absolute atomic E-state index is 13.9. The SMILES string of the molecule is CC(C)(C)c1ccc(=O)n(C2CCN(C(=O)c3ccc(F)cc3F)CC2)n1. The average molecular weight is 375 g/mol. The van der Waals surface area contributed by atoms with E-state index in [1.165, 1.54) is 15.6 Å². The zero-order valence-corrected chi connectivity index (χ0v) is 15.7. The first-order valence-electron chi connectivity index (χ1n) is 9.01. The van der Waals surface area contributed by atoms with Gasteiger partial charge in [0.05, 0.1) is 17.3 Å². The fraction of sp³-hybridized carbons (Fsp3) is 0.450. The van der Waals surface area contributed by atoms with Gasteiger partial charge in [-0.25, -0.2) is 13.5 Å². The molecule has 0 atom stereocenters. The van der Waals surface area contributed by atoms with Gasteiger partial charge in [-0.05, 0) is 31.0 Å². The summed E-state index contributed by atoms with van der Waals surface area (Å²) in [6.45, 7) is 6.86. The molecule has 0 unspecified atom stereocenters. The van der Waals surface area contributed by atoms with Gasteiger partial charge in [-0.3, -0.25) is 9.59 Å². The predicted molar refractivity (Wildman–Crippen MR) is 97.7 cm³/mol. The molecular formula is C20H23F2N3O2. The molecule has 0 aliphatic carbocycles. The largest absolute Gasteiger partial charge is 0.338 e. The Morgan fingerprint density at radius 1 is 1.11 bits per heavy atom. The van der Waals surface area contributed by atoms with Crippen molar-refractivity contribution in [1.82, 2.24) is 14.7 Å². The molecule has 1 aromatic carbocycles. The van der Waals surface area contributed by atoms with Gasteiger partial charge in [-0.15, -0.1) is 0 Å². The maximum atomic E-state index is 13.9. The Bertz CT molecular complexity index is 910. The number of hydrogen-bond acceptors (Lipinski definition) is 3. The van der Waals surface area contributed by atoms with Crippen molar-refractivity contribution in [3.05, 3.63) is 63.6 Å². The van der Waals surface area contributed by atoms with Gasteiger partial charge in [0.1, 0.15) is 11.6 Å². The molecule has 3 rings (SSSR count). The first-order valence-corrected chi connectivity index (χ1v) is 9.01. The molecule has 0 N–H and O–H groups in total. The standard InChI is InChI=1S/C20H23F2N3O2/c1-20(2,3)17-6-7-18(26)25(23-17)14-8-10-24(11-9-14)19(27)15-5-4-13(21)12-16(15)22/h4-7,12,14H,8-11H2,1-3H3. The lowest BCUT2D eigenvalue weighted by Gasteiger charge is -2.33. The van der Waals surface area contributed by atoms with Gasteiger partial charge in [-0.2, -0.15) is 5.10 Å². The Kier molecular flexibility index (Phi) is 5.13. The summed E-state index contributed by atoms with van der Waals surface area (Å²) in [6.07, 6.45) is 1.10. The molecule has 1 saturated heterocycles. The number of aromatic nitrogens is 2. The number of benzene rings is 1. The Labute approximate surface area is 156 Å². The van der Waals surface area contributed by atoms with Crippen LogP contribution in [0.25, 0.3) is 0 Å². The Balaban J connectivity index is 1.74. The van der Waals surface area contributed by atoms with Gasteiger partial charge in [-0.1, -0.05) is 20.8 Å². The van der Waals surface area contributed by atoms with Crippen LogP contribution in [0, 0.1) is 11.6 Å². The predicted octanol–water partition coefficient (Wildman–Crippen LogP) is 3.30. The summed E-state index contributed by atoms with van der Waals surface area (Å²) in [5.74, 6) is -2.04. The van der Waals surface area contributed by atoms with Crippen LogP contribution in [0.15, 0.2) is 35.1 Å². The summed E-state index contributed by atoms with van der Waals surface area (Å²) in [5.41, 5.74) is 0.345. The smallest absolute Gasteiger partial charge is 0.267 e. The molecule has 2 aromatic rings. The summed E-state index contributed by atoms with van der Waals surface area (Å²) in [4.78, 5) is 26.3. The number of piperidine rings is 1. The highest BCUT2D eigenvalue weighted by Gasteiger charge is 2.28. The van der Waals surface area contributed by atoms with E-state index in [9.17, 15) is 18.4 Å². The lowest BCUT2D eigenvalue weighted by atomic mass is 9.92. The Hall–Kier alpha value is -2.57. The van der Waals surface area contributed by atoms with Crippen LogP contribution in [0.5, 0.6) is 0 Å². The monoisotopic (exact) mass is 375 g/mol. The number of hydrogen-bond donors (Lipinski definition) is 0. The molecule has 1 aromatic heterocycles. The molecule has 2 heterocycles. The summed E-state index contributed by atoms with van der Waals surface area (Å²) in [7, 11) is 0. The molecular weight excluding hydrogens is 352 g/mol. The molecule has 0 bridgehead atoms. The van der Waals surface area contributed by atoms with E-state index >= 15 is 0 Å². The second-order valence-electron chi connectivity index (χ2n) is 7.90. The van der Waals surface area contributed by atoms with Gasteiger partial charge in [0, 0.05) is 30.6 Å². The minimum atomic E-state index is -0.863. The van der Waals surface area contributed by atoms with Crippen LogP contribution in [0.4, 0.5) is 8.78 Å². The van der Waals surface area contributed by atoms with Gasteiger partial charge in [0.2, 0.25) is 0 Å². The first-order chi connectivity index (χ1) is 12.7. The van der Waals surface area contributed by atoms with Crippen molar-refractivity contribution in [3.8, 4) is 0 Å². The molecule has 0 radical (unpaired) electrons. The van der Waals surface area contributed by atoms with Crippen molar-refractivity contribution in [3.63, 3.8) is 0 Å². The van der Waals surface area contributed by atoms with Crippen molar-refractivity contribution in [2.75, 3.05) is 13.1 Å². The van der Waals surface area contributed by atoms with Gasteiger partial charge < -0.3 is 4.90 Å². The summed E-state index contributed by atoms with van der Waals surface area (Å²) in [5, 5.41) is 4.52. The average Bonchev–Trinajstić information content (AvgIpc) is 2.61. The lowest BCUT2D eigenvalue weighted by Crippen LogP contribution is -2.42. The zero-order chi connectivity index (χ0) is 19.8. The highest BCUT2D eigenvalue weighted by molar-refractivity contribution is 5.94. The molecule has 1 aliphatic rings. The number of likely N-dealkylation sites (tertiary alicyclic amines) is 1. The van der Waals surface area contributed by atoms with E-state index in [-0.39, 0.29) is 22.6 Å². The second-order valence-corrected chi connectivity index (χ2v) is 7.90. The van der Waals surface area contributed by atoms with E-state index < -0.39 is 17.5 Å². The van der Waals surface area contributed by atoms with Crippen LogP contribution in [0.1, 0.15) is 55.7 Å². The summed E-state index contributed by atoms with van der Waals surface area (Å²) in [6, 6.07) is 6.11. The van der Waals surface area contributed by atoms with Crippen LogP contribution < -0.4 is 5.56 Å². The summed E-state index contributed by atoms with van der Waals surface area (Å²) >= 11 is 0. The van der Waals surface area contributed by atoms with Crippen molar-refractivity contribution in [2.24, 2.45) is 0 Å². The number of amides is 1. The van der Waals surface area contributed by atoms with Crippen LogP contribution in [0.2, 0.25) is 0 Å². The van der Waals surface area contributed by atoms with Crippen molar-refractivity contribution in [1.29, 1.82) is 0 Å². The van der Waals surface area contributed by atoms with Crippen LogP contribution >= 0.6 is 0 Å². The number of rotatable bonds is 2. The van der Waals surface area contributed by atoms with Crippen LogP contribution in [-0.2, 0) is 5.41 Å².